The number of benzene rings is 1. The molecular formula is C31H43N5O5. The van der Waals surface area contributed by atoms with Gasteiger partial charge in [-0.25, -0.2) is 0 Å². The van der Waals surface area contributed by atoms with E-state index in [0.29, 0.717) is 31.4 Å². The van der Waals surface area contributed by atoms with Crippen molar-refractivity contribution in [3.8, 4) is 0 Å². The molecule has 4 atom stereocenters. The van der Waals surface area contributed by atoms with Crippen LogP contribution in [0.2, 0.25) is 0 Å². The molecule has 1 saturated heterocycles. The molecule has 4 rings (SSSR count). The molecule has 1 aliphatic carbocycles. The number of aldehydes is 1. The van der Waals surface area contributed by atoms with Gasteiger partial charge in [-0.3, -0.25) is 19.2 Å². The third-order valence-corrected chi connectivity index (χ3v) is 8.30. The second kappa shape index (κ2) is 13.3. The Bertz CT molecular complexity index is 1230. The lowest BCUT2D eigenvalue weighted by atomic mass is 9.83. The Hall–Kier alpha value is -3.69. The molecule has 10 heteroatoms. The highest BCUT2D eigenvalue weighted by Gasteiger charge is 2.37. The molecule has 1 aromatic carbocycles. The van der Waals surface area contributed by atoms with Crippen molar-refractivity contribution in [2.45, 2.75) is 90.3 Å². The van der Waals surface area contributed by atoms with Crippen LogP contribution in [0.5, 0.6) is 0 Å². The van der Waals surface area contributed by atoms with Crippen molar-refractivity contribution < 1.29 is 24.0 Å². The van der Waals surface area contributed by atoms with Crippen LogP contribution in [0.25, 0.3) is 10.9 Å². The van der Waals surface area contributed by atoms with Gasteiger partial charge in [-0.2, -0.15) is 0 Å². The van der Waals surface area contributed by atoms with E-state index in [1.165, 1.54) is 0 Å². The maximum atomic E-state index is 13.7. The number of carbonyl (C=O) groups excluding carboxylic acids is 5. The van der Waals surface area contributed by atoms with Gasteiger partial charge in [-0.05, 0) is 42.7 Å². The van der Waals surface area contributed by atoms with Crippen LogP contribution < -0.4 is 21.3 Å². The van der Waals surface area contributed by atoms with Crippen LogP contribution in [-0.4, -0.2) is 59.6 Å². The fourth-order valence-electron chi connectivity index (χ4n) is 5.93. The number of aromatic amines is 1. The summed E-state index contributed by atoms with van der Waals surface area (Å²) in [7, 11) is 0. The predicted octanol–water partition coefficient (Wildman–Crippen LogP) is 2.98. The van der Waals surface area contributed by atoms with Gasteiger partial charge in [0.05, 0.1) is 6.04 Å². The Morgan fingerprint density at radius 3 is 2.34 bits per heavy atom. The molecule has 0 spiro atoms. The van der Waals surface area contributed by atoms with Crippen LogP contribution in [0.3, 0.4) is 0 Å². The van der Waals surface area contributed by atoms with E-state index in [4.69, 9.17) is 0 Å². The van der Waals surface area contributed by atoms with Crippen LogP contribution in [0.4, 0.5) is 0 Å². The third kappa shape index (κ3) is 7.95. The Morgan fingerprint density at radius 2 is 1.71 bits per heavy atom. The molecule has 10 nitrogen and oxygen atoms in total. The number of H-pyrrole nitrogens is 1. The van der Waals surface area contributed by atoms with Crippen molar-refractivity contribution in [3.05, 3.63) is 36.0 Å². The second-order valence-corrected chi connectivity index (χ2v) is 12.6. The number of fused-ring (bicyclic) bond motifs is 1. The maximum absolute atomic E-state index is 13.7. The summed E-state index contributed by atoms with van der Waals surface area (Å²) in [5, 5.41) is 12.2. The van der Waals surface area contributed by atoms with E-state index in [2.05, 4.69) is 26.3 Å². The highest BCUT2D eigenvalue weighted by molar-refractivity contribution is 6.01. The number of aromatic nitrogens is 1. The molecule has 4 amide bonds. The van der Waals surface area contributed by atoms with Crippen LogP contribution >= 0.6 is 0 Å². The van der Waals surface area contributed by atoms with Gasteiger partial charge in [0, 0.05) is 23.4 Å². The quantitative estimate of drug-likeness (QED) is 0.266. The summed E-state index contributed by atoms with van der Waals surface area (Å²) in [4.78, 5) is 67.4. The molecule has 2 aliphatic rings. The molecule has 2 heterocycles. The zero-order valence-corrected chi connectivity index (χ0v) is 24.3. The summed E-state index contributed by atoms with van der Waals surface area (Å²) < 4.78 is 0. The van der Waals surface area contributed by atoms with Gasteiger partial charge in [0.15, 0.2) is 0 Å². The minimum absolute atomic E-state index is 0.114. The predicted molar refractivity (Wildman–Crippen MR) is 156 cm³/mol. The summed E-state index contributed by atoms with van der Waals surface area (Å²) in [6.45, 7) is 6.12. The average molecular weight is 566 g/mol. The van der Waals surface area contributed by atoms with Gasteiger partial charge >= 0.3 is 0 Å². The topological polar surface area (TPSA) is 149 Å². The molecule has 1 unspecified atom stereocenters. The van der Waals surface area contributed by atoms with Crippen LogP contribution in [0.1, 0.15) is 82.6 Å². The van der Waals surface area contributed by atoms with Crippen molar-refractivity contribution in [1.29, 1.82) is 0 Å². The van der Waals surface area contributed by atoms with Gasteiger partial charge in [0.25, 0.3) is 5.91 Å². The first kappa shape index (κ1) is 30.3. The number of hydrogen-bond acceptors (Lipinski definition) is 5. The van der Waals surface area contributed by atoms with Crippen molar-refractivity contribution in [3.63, 3.8) is 0 Å². The lowest BCUT2D eigenvalue weighted by Crippen LogP contribution is -2.59. The highest BCUT2D eigenvalue weighted by atomic mass is 16.2. The molecule has 222 valence electrons. The lowest BCUT2D eigenvalue weighted by molar-refractivity contribution is -0.132. The molecule has 2 fully saturated rings. The third-order valence-electron chi connectivity index (χ3n) is 8.30. The largest absolute Gasteiger partial charge is 0.356 e. The van der Waals surface area contributed by atoms with E-state index < -0.39 is 41.3 Å². The SMILES string of the molecule is CC(C)(C)C(NC(=O)c1cc2ccccc2[nH]1)C(=O)N[C@@H](CC1CCCCC1)C(=O)N[C@H](C=O)C[C@@H]1CCNC1=O. The number of carbonyl (C=O) groups is 5. The number of amides is 4. The van der Waals surface area contributed by atoms with Crippen molar-refractivity contribution >= 4 is 40.8 Å². The summed E-state index contributed by atoms with van der Waals surface area (Å²) in [5.74, 6) is -1.51. The van der Waals surface area contributed by atoms with Gasteiger partial charge in [-0.1, -0.05) is 71.1 Å². The zero-order valence-electron chi connectivity index (χ0n) is 24.3. The van der Waals surface area contributed by atoms with E-state index in [1.54, 1.807) is 6.07 Å². The number of nitrogens with one attached hydrogen (secondary N) is 5. The molecule has 1 saturated carbocycles. The van der Waals surface area contributed by atoms with Gasteiger partial charge in [0.2, 0.25) is 17.7 Å². The Labute approximate surface area is 241 Å². The van der Waals surface area contributed by atoms with Gasteiger partial charge < -0.3 is 31.0 Å². The van der Waals surface area contributed by atoms with Crippen LogP contribution in [-0.2, 0) is 19.2 Å². The number of hydrogen-bond donors (Lipinski definition) is 5. The normalized spacial score (nSPS) is 20.1. The first-order chi connectivity index (χ1) is 19.5. The molecule has 0 radical (unpaired) electrons. The Morgan fingerprint density at radius 1 is 0.976 bits per heavy atom. The highest BCUT2D eigenvalue weighted by Crippen LogP contribution is 2.28. The molecule has 5 N–H and O–H groups in total. The molecule has 0 bridgehead atoms. The Kier molecular flexibility index (Phi) is 9.83. The van der Waals surface area contributed by atoms with Gasteiger partial charge in [0.1, 0.15) is 24.1 Å². The van der Waals surface area contributed by atoms with Gasteiger partial charge in [-0.15, -0.1) is 0 Å². The molecular weight excluding hydrogens is 522 g/mol. The monoisotopic (exact) mass is 565 g/mol. The number of para-hydroxylation sites is 1. The number of rotatable bonds is 11. The molecule has 2 aromatic rings. The second-order valence-electron chi connectivity index (χ2n) is 12.6. The van der Waals surface area contributed by atoms with Crippen LogP contribution in [0.15, 0.2) is 30.3 Å². The summed E-state index contributed by atoms with van der Waals surface area (Å²) in [6.07, 6.45) is 7.18. The van der Waals surface area contributed by atoms with Crippen LogP contribution in [0, 0.1) is 17.3 Å². The Balaban J connectivity index is 1.48. The summed E-state index contributed by atoms with van der Waals surface area (Å²) in [6, 6.07) is 6.65. The average Bonchev–Trinajstić information content (AvgIpc) is 3.56. The van der Waals surface area contributed by atoms with E-state index in [-0.39, 0.29) is 24.2 Å². The minimum Gasteiger partial charge on any atom is -0.356 e. The van der Waals surface area contributed by atoms with Crippen molar-refractivity contribution in [1.82, 2.24) is 26.3 Å². The van der Waals surface area contributed by atoms with Crippen molar-refractivity contribution in [2.75, 3.05) is 6.54 Å². The van der Waals surface area contributed by atoms with E-state index >= 15 is 0 Å². The molecule has 1 aliphatic heterocycles. The molecule has 1 aromatic heterocycles. The first-order valence-corrected chi connectivity index (χ1v) is 14.8. The fourth-order valence-corrected chi connectivity index (χ4v) is 5.93. The van der Waals surface area contributed by atoms with E-state index in [1.807, 2.05) is 45.0 Å². The lowest BCUT2D eigenvalue weighted by Gasteiger charge is -2.33. The first-order valence-electron chi connectivity index (χ1n) is 14.8. The van der Waals surface area contributed by atoms with E-state index in [9.17, 15) is 24.0 Å². The standard InChI is InChI=1S/C31H43N5O5/c1-31(2,3)26(36-29(40)25-17-20-11-7-8-12-23(20)34-25)30(41)35-24(15-19-9-5-4-6-10-19)28(39)33-22(18-37)16-21-13-14-32-27(21)38/h7-8,11-12,17-19,21-22,24,26,34H,4-6,9-10,13-16H2,1-3H3,(H,32,38)(H,33,39)(H,35,41)(H,36,40)/t21-,22-,24-,26?/m0/s1. The summed E-state index contributed by atoms with van der Waals surface area (Å²) >= 11 is 0. The minimum atomic E-state index is -0.924. The van der Waals surface area contributed by atoms with Crippen molar-refractivity contribution in [2.24, 2.45) is 17.3 Å². The maximum Gasteiger partial charge on any atom is 0.268 e. The summed E-state index contributed by atoms with van der Waals surface area (Å²) in [5.41, 5.74) is 0.506. The molecule has 41 heavy (non-hydrogen) atoms. The fraction of sp³-hybridized carbons (Fsp3) is 0.581. The zero-order chi connectivity index (χ0) is 29.6. The smallest absolute Gasteiger partial charge is 0.268 e. The van der Waals surface area contributed by atoms with E-state index in [0.717, 1.165) is 43.0 Å².